The Morgan fingerprint density at radius 3 is 2.88 bits per heavy atom. The number of nitrogens with one attached hydrogen (secondary N) is 1. The van der Waals surface area contributed by atoms with Gasteiger partial charge in [-0.3, -0.25) is 4.79 Å². The smallest absolute Gasteiger partial charge is 0.338 e. The highest BCUT2D eigenvalue weighted by Gasteiger charge is 2.22. The molecule has 0 unspecified atom stereocenters. The Morgan fingerprint density at radius 2 is 1.96 bits per heavy atom. The van der Waals surface area contributed by atoms with Gasteiger partial charge < -0.3 is 19.5 Å². The SMILES string of the molecule is O=C(COC(=O)c1ccc2c(c1)OCO2)N[C@@H]1CCCc2ccccc21. The van der Waals surface area contributed by atoms with Crippen LogP contribution in [0.25, 0.3) is 0 Å². The second-order valence-corrected chi connectivity index (χ2v) is 6.36. The van der Waals surface area contributed by atoms with Gasteiger partial charge in [0.25, 0.3) is 5.91 Å². The molecule has 1 heterocycles. The second-order valence-electron chi connectivity index (χ2n) is 6.36. The van der Waals surface area contributed by atoms with Crippen LogP contribution in [0.5, 0.6) is 11.5 Å². The van der Waals surface area contributed by atoms with Crippen LogP contribution in [0, 0.1) is 0 Å². The molecule has 1 aliphatic carbocycles. The van der Waals surface area contributed by atoms with E-state index < -0.39 is 5.97 Å². The number of carbonyl (C=O) groups is 2. The van der Waals surface area contributed by atoms with E-state index in [9.17, 15) is 9.59 Å². The molecule has 0 spiro atoms. The van der Waals surface area contributed by atoms with E-state index in [2.05, 4.69) is 11.4 Å². The first-order valence-corrected chi connectivity index (χ1v) is 8.64. The fourth-order valence-electron chi connectivity index (χ4n) is 3.38. The summed E-state index contributed by atoms with van der Waals surface area (Å²) in [6.45, 7) is -0.176. The van der Waals surface area contributed by atoms with E-state index in [0.29, 0.717) is 17.1 Å². The summed E-state index contributed by atoms with van der Waals surface area (Å²) in [5.41, 5.74) is 2.74. The first kappa shape index (κ1) is 16.4. The number of amides is 1. The first-order chi connectivity index (χ1) is 12.7. The molecule has 1 aliphatic heterocycles. The lowest BCUT2D eigenvalue weighted by atomic mass is 9.88. The Labute approximate surface area is 151 Å². The molecule has 134 valence electrons. The number of carbonyl (C=O) groups excluding carboxylic acids is 2. The molecule has 6 nitrogen and oxygen atoms in total. The number of benzene rings is 2. The van der Waals surface area contributed by atoms with Crippen LogP contribution in [0.15, 0.2) is 42.5 Å². The number of hydrogen-bond acceptors (Lipinski definition) is 5. The fraction of sp³-hybridized carbons (Fsp3) is 0.300. The van der Waals surface area contributed by atoms with Crippen molar-refractivity contribution in [2.24, 2.45) is 0 Å². The van der Waals surface area contributed by atoms with Crippen LogP contribution in [-0.2, 0) is 16.0 Å². The number of hydrogen-bond donors (Lipinski definition) is 1. The third-order valence-electron chi connectivity index (χ3n) is 4.65. The second kappa shape index (κ2) is 7.07. The van der Waals surface area contributed by atoms with Crippen molar-refractivity contribution in [3.63, 3.8) is 0 Å². The number of fused-ring (bicyclic) bond motifs is 2. The van der Waals surface area contributed by atoms with E-state index >= 15 is 0 Å². The van der Waals surface area contributed by atoms with Crippen molar-refractivity contribution in [2.45, 2.75) is 25.3 Å². The van der Waals surface area contributed by atoms with Crippen LogP contribution < -0.4 is 14.8 Å². The molecule has 0 aromatic heterocycles. The highest BCUT2D eigenvalue weighted by Crippen LogP contribution is 2.32. The maximum atomic E-state index is 12.2. The molecular formula is C20H19NO5. The summed E-state index contributed by atoms with van der Waals surface area (Å²) in [5.74, 6) is 0.223. The molecule has 2 aromatic carbocycles. The van der Waals surface area contributed by atoms with E-state index in [4.69, 9.17) is 14.2 Å². The van der Waals surface area contributed by atoms with Crippen molar-refractivity contribution < 1.29 is 23.8 Å². The van der Waals surface area contributed by atoms with Gasteiger partial charge in [0.1, 0.15) is 0 Å². The molecule has 2 aliphatic rings. The fourth-order valence-corrected chi connectivity index (χ4v) is 3.38. The average molecular weight is 353 g/mol. The summed E-state index contributed by atoms with van der Waals surface area (Å²) >= 11 is 0. The minimum atomic E-state index is -0.567. The summed E-state index contributed by atoms with van der Waals surface area (Å²) in [6.07, 6.45) is 2.94. The highest BCUT2D eigenvalue weighted by atomic mass is 16.7. The maximum absolute atomic E-state index is 12.2. The topological polar surface area (TPSA) is 73.9 Å². The van der Waals surface area contributed by atoms with Crippen LogP contribution in [0.3, 0.4) is 0 Å². The zero-order valence-corrected chi connectivity index (χ0v) is 14.2. The summed E-state index contributed by atoms with van der Waals surface area (Å²) in [6, 6.07) is 12.9. The Bertz CT molecular complexity index is 848. The number of ether oxygens (including phenoxy) is 3. The number of rotatable bonds is 4. The van der Waals surface area contributed by atoms with E-state index in [-0.39, 0.29) is 25.3 Å². The van der Waals surface area contributed by atoms with Crippen LogP contribution >= 0.6 is 0 Å². The predicted molar refractivity (Wildman–Crippen MR) is 93.1 cm³/mol. The molecule has 0 saturated heterocycles. The average Bonchev–Trinajstić information content (AvgIpc) is 3.14. The van der Waals surface area contributed by atoms with Gasteiger partial charge in [0.15, 0.2) is 18.1 Å². The Hall–Kier alpha value is -3.02. The molecule has 6 heteroatoms. The van der Waals surface area contributed by atoms with Gasteiger partial charge >= 0.3 is 5.97 Å². The summed E-state index contributed by atoms with van der Waals surface area (Å²) in [5, 5.41) is 2.96. The van der Waals surface area contributed by atoms with Gasteiger partial charge in [-0.1, -0.05) is 24.3 Å². The summed E-state index contributed by atoms with van der Waals surface area (Å²) < 4.78 is 15.6. The van der Waals surface area contributed by atoms with Crippen molar-refractivity contribution >= 4 is 11.9 Å². The zero-order valence-electron chi connectivity index (χ0n) is 14.2. The zero-order chi connectivity index (χ0) is 17.9. The summed E-state index contributed by atoms with van der Waals surface area (Å²) in [4.78, 5) is 24.4. The largest absolute Gasteiger partial charge is 0.454 e. The molecule has 26 heavy (non-hydrogen) atoms. The predicted octanol–water partition coefficient (Wildman–Crippen LogP) is 2.77. The van der Waals surface area contributed by atoms with Gasteiger partial charge in [0, 0.05) is 0 Å². The van der Waals surface area contributed by atoms with E-state index in [1.165, 1.54) is 5.56 Å². The van der Waals surface area contributed by atoms with Crippen LogP contribution in [-0.4, -0.2) is 25.3 Å². The third-order valence-corrected chi connectivity index (χ3v) is 4.65. The molecule has 0 radical (unpaired) electrons. The lowest BCUT2D eigenvalue weighted by Crippen LogP contribution is -2.34. The summed E-state index contributed by atoms with van der Waals surface area (Å²) in [7, 11) is 0. The van der Waals surface area contributed by atoms with Gasteiger partial charge in [-0.15, -0.1) is 0 Å². The lowest BCUT2D eigenvalue weighted by Gasteiger charge is -2.26. The standard InChI is InChI=1S/C20H19NO5/c22-19(21-16-7-3-5-13-4-1-2-6-15(13)16)11-24-20(23)14-8-9-17-18(10-14)26-12-25-17/h1-2,4,6,8-10,16H,3,5,7,11-12H2,(H,21,22)/t16-/m1/s1. The van der Waals surface area contributed by atoms with Gasteiger partial charge in [-0.25, -0.2) is 4.79 Å². The lowest BCUT2D eigenvalue weighted by molar-refractivity contribution is -0.125. The van der Waals surface area contributed by atoms with Crippen LogP contribution in [0.4, 0.5) is 0 Å². The molecular weight excluding hydrogens is 334 g/mol. The van der Waals surface area contributed by atoms with Crippen LogP contribution in [0.2, 0.25) is 0 Å². The van der Waals surface area contributed by atoms with Gasteiger partial charge in [-0.05, 0) is 48.6 Å². The minimum absolute atomic E-state index is 0.0308. The Balaban J connectivity index is 1.34. The highest BCUT2D eigenvalue weighted by molar-refractivity contribution is 5.92. The van der Waals surface area contributed by atoms with Gasteiger partial charge in [0.05, 0.1) is 11.6 Å². The molecule has 0 bridgehead atoms. The first-order valence-electron chi connectivity index (χ1n) is 8.64. The van der Waals surface area contributed by atoms with Gasteiger partial charge in [-0.2, -0.15) is 0 Å². The number of aryl methyl sites for hydroxylation is 1. The van der Waals surface area contributed by atoms with Crippen molar-refractivity contribution in [1.29, 1.82) is 0 Å². The Kier molecular flexibility index (Phi) is 4.48. The molecule has 4 rings (SSSR count). The van der Waals surface area contributed by atoms with Crippen molar-refractivity contribution in [2.75, 3.05) is 13.4 Å². The minimum Gasteiger partial charge on any atom is -0.454 e. The van der Waals surface area contributed by atoms with Crippen molar-refractivity contribution in [3.8, 4) is 11.5 Å². The quantitative estimate of drug-likeness (QED) is 0.856. The Morgan fingerprint density at radius 1 is 1.12 bits per heavy atom. The molecule has 0 saturated carbocycles. The van der Waals surface area contributed by atoms with E-state index in [1.807, 2.05) is 18.2 Å². The molecule has 0 fully saturated rings. The monoisotopic (exact) mass is 353 g/mol. The normalized spacial score (nSPS) is 17.3. The molecule has 1 N–H and O–H groups in total. The molecule has 2 aromatic rings. The van der Waals surface area contributed by atoms with Gasteiger partial charge in [0.2, 0.25) is 6.79 Å². The maximum Gasteiger partial charge on any atom is 0.338 e. The third kappa shape index (κ3) is 3.35. The van der Waals surface area contributed by atoms with E-state index in [0.717, 1.165) is 24.8 Å². The van der Waals surface area contributed by atoms with E-state index in [1.54, 1.807) is 18.2 Å². The molecule has 1 amide bonds. The van der Waals surface area contributed by atoms with Crippen molar-refractivity contribution in [1.82, 2.24) is 5.32 Å². The number of esters is 1. The van der Waals surface area contributed by atoms with Crippen molar-refractivity contribution in [3.05, 3.63) is 59.2 Å². The van der Waals surface area contributed by atoms with Crippen LogP contribution in [0.1, 0.15) is 40.4 Å². The molecule has 1 atom stereocenters.